The first-order chi connectivity index (χ1) is 13.7. The fraction of sp³-hybridized carbons (Fsp3) is 0.963. The van der Waals surface area contributed by atoms with E-state index in [0.717, 1.165) is 25.2 Å². The van der Waals surface area contributed by atoms with Crippen molar-refractivity contribution in [1.29, 1.82) is 0 Å². The highest BCUT2D eigenvalue weighted by Crippen LogP contribution is 2.60. The van der Waals surface area contributed by atoms with Crippen molar-refractivity contribution in [2.75, 3.05) is 6.61 Å². The lowest BCUT2D eigenvalue weighted by molar-refractivity contribution is -0.147. The molecule has 3 saturated carbocycles. The number of rotatable bonds is 8. The lowest BCUT2D eigenvalue weighted by Gasteiger charge is -2.50. The van der Waals surface area contributed by atoms with E-state index in [2.05, 4.69) is 34.6 Å². The van der Waals surface area contributed by atoms with Gasteiger partial charge in [-0.05, 0) is 80.0 Å². The van der Waals surface area contributed by atoms with Crippen molar-refractivity contribution in [3.05, 3.63) is 0 Å². The Hall–Kier alpha value is -0.370. The van der Waals surface area contributed by atoms with Crippen LogP contribution in [-0.2, 0) is 4.79 Å². The molecular weight excluding hydrogens is 356 g/mol. The summed E-state index contributed by atoms with van der Waals surface area (Å²) in [6.07, 6.45) is 14.6. The van der Waals surface area contributed by atoms with Gasteiger partial charge in [0.05, 0.1) is 0 Å². The summed E-state index contributed by atoms with van der Waals surface area (Å²) >= 11 is 0. The molecule has 0 radical (unpaired) electrons. The van der Waals surface area contributed by atoms with Crippen LogP contribution in [0.2, 0.25) is 0 Å². The second-order valence-electron chi connectivity index (χ2n) is 12.0. The van der Waals surface area contributed by atoms with E-state index in [-0.39, 0.29) is 23.4 Å². The van der Waals surface area contributed by atoms with E-state index in [9.17, 15) is 9.90 Å². The normalized spacial score (nSPS) is 41.6. The third kappa shape index (κ3) is 4.48. The fourth-order valence-electron chi connectivity index (χ4n) is 8.06. The van der Waals surface area contributed by atoms with Gasteiger partial charge in [-0.25, -0.2) is 0 Å². The van der Waals surface area contributed by atoms with E-state index < -0.39 is 0 Å². The Kier molecular flexibility index (Phi) is 7.56. The van der Waals surface area contributed by atoms with Gasteiger partial charge in [-0.15, -0.1) is 0 Å². The highest BCUT2D eigenvalue weighted by atomic mass is 16.3. The van der Waals surface area contributed by atoms with Crippen molar-refractivity contribution < 1.29 is 9.90 Å². The smallest absolute Gasteiger partial charge is 0.142 e. The summed E-state index contributed by atoms with van der Waals surface area (Å²) in [5, 5.41) is 9.98. The number of aliphatic hydroxyl groups excluding tert-OH is 1. The molecule has 0 aromatic heterocycles. The molecule has 7 atom stereocenters. The molecule has 3 aliphatic rings. The van der Waals surface area contributed by atoms with Gasteiger partial charge in [0.15, 0.2) is 0 Å². The number of aliphatic hydroxyl groups is 1. The van der Waals surface area contributed by atoms with E-state index in [1.807, 2.05) is 0 Å². The molecule has 0 aliphatic heterocycles. The quantitative estimate of drug-likeness (QED) is 0.471. The van der Waals surface area contributed by atoms with Gasteiger partial charge >= 0.3 is 0 Å². The summed E-state index contributed by atoms with van der Waals surface area (Å²) in [6, 6.07) is 0. The summed E-state index contributed by atoms with van der Waals surface area (Å²) in [5.41, 5.74) is 0.0758. The summed E-state index contributed by atoms with van der Waals surface area (Å²) in [7, 11) is 0. The van der Waals surface area contributed by atoms with E-state index in [1.54, 1.807) is 0 Å². The van der Waals surface area contributed by atoms with Crippen LogP contribution < -0.4 is 0 Å². The number of carbonyl (C=O) groups is 1. The molecule has 0 amide bonds. The van der Waals surface area contributed by atoms with Crippen molar-refractivity contribution in [2.24, 2.45) is 46.3 Å². The van der Waals surface area contributed by atoms with Gasteiger partial charge in [-0.3, -0.25) is 4.79 Å². The highest BCUT2D eigenvalue weighted by molar-refractivity contribution is 5.88. The number of carbonyl (C=O) groups excluding carboxylic acids is 1. The molecule has 3 aliphatic carbocycles. The van der Waals surface area contributed by atoms with E-state index in [0.29, 0.717) is 29.5 Å². The molecule has 7 unspecified atom stereocenters. The molecule has 0 bridgehead atoms. The summed E-state index contributed by atoms with van der Waals surface area (Å²) in [5.74, 6) is 4.13. The lowest BCUT2D eigenvalue weighted by atomic mass is 9.52. The Labute approximate surface area is 180 Å². The number of Topliss-reactive ketones (excluding diaryl/α,β-unsaturated/α-hetero) is 1. The van der Waals surface area contributed by atoms with Gasteiger partial charge in [0, 0.05) is 17.9 Å². The van der Waals surface area contributed by atoms with Gasteiger partial charge in [-0.1, -0.05) is 66.7 Å². The van der Waals surface area contributed by atoms with Crippen molar-refractivity contribution in [2.45, 2.75) is 112 Å². The molecule has 1 N–H and O–H groups in total. The van der Waals surface area contributed by atoms with Crippen LogP contribution in [-0.4, -0.2) is 17.5 Å². The predicted molar refractivity (Wildman–Crippen MR) is 122 cm³/mol. The SMILES string of the molecule is CC(C)CCCC(C)C1CCC(C2CCC3CCCCC3(C)C2=O)C1(C)CCO. The molecule has 2 heteroatoms. The van der Waals surface area contributed by atoms with E-state index in [4.69, 9.17) is 0 Å². The lowest BCUT2D eigenvalue weighted by Crippen LogP contribution is -2.50. The first kappa shape index (κ1) is 23.3. The van der Waals surface area contributed by atoms with Crippen molar-refractivity contribution >= 4 is 5.78 Å². The molecule has 0 aromatic carbocycles. The van der Waals surface area contributed by atoms with Crippen LogP contribution in [0.4, 0.5) is 0 Å². The molecule has 168 valence electrons. The Bertz CT molecular complexity index is 555. The molecule has 3 fully saturated rings. The first-order valence-corrected chi connectivity index (χ1v) is 12.9. The van der Waals surface area contributed by atoms with Crippen molar-refractivity contribution in [3.63, 3.8) is 0 Å². The second kappa shape index (κ2) is 9.41. The van der Waals surface area contributed by atoms with Crippen LogP contribution in [0.5, 0.6) is 0 Å². The Morgan fingerprint density at radius 1 is 1.00 bits per heavy atom. The summed E-state index contributed by atoms with van der Waals surface area (Å²) in [6.45, 7) is 12.1. The highest BCUT2D eigenvalue weighted by Gasteiger charge is 2.56. The summed E-state index contributed by atoms with van der Waals surface area (Å²) < 4.78 is 0. The van der Waals surface area contributed by atoms with Crippen LogP contribution in [0.1, 0.15) is 112 Å². The average molecular weight is 405 g/mol. The van der Waals surface area contributed by atoms with Crippen LogP contribution >= 0.6 is 0 Å². The molecular formula is C27H48O2. The minimum atomic E-state index is -0.0533. The van der Waals surface area contributed by atoms with Crippen molar-refractivity contribution in [1.82, 2.24) is 0 Å². The molecule has 2 nitrogen and oxygen atoms in total. The second-order valence-corrected chi connectivity index (χ2v) is 12.0. The topological polar surface area (TPSA) is 37.3 Å². The third-order valence-corrected chi connectivity index (χ3v) is 9.87. The third-order valence-electron chi connectivity index (χ3n) is 9.87. The molecule has 0 saturated heterocycles. The van der Waals surface area contributed by atoms with Gasteiger partial charge in [0.25, 0.3) is 0 Å². The van der Waals surface area contributed by atoms with Crippen molar-refractivity contribution in [3.8, 4) is 0 Å². The summed E-state index contributed by atoms with van der Waals surface area (Å²) in [4.78, 5) is 13.8. The largest absolute Gasteiger partial charge is 0.396 e. The zero-order valence-corrected chi connectivity index (χ0v) is 20.0. The van der Waals surface area contributed by atoms with E-state index >= 15 is 0 Å². The minimum absolute atomic E-state index is 0.0533. The monoisotopic (exact) mass is 404 g/mol. The van der Waals surface area contributed by atoms with E-state index in [1.165, 1.54) is 57.8 Å². The maximum Gasteiger partial charge on any atom is 0.142 e. The fourth-order valence-corrected chi connectivity index (χ4v) is 8.06. The van der Waals surface area contributed by atoms with Gasteiger partial charge < -0.3 is 5.11 Å². The molecule has 0 aromatic rings. The van der Waals surface area contributed by atoms with Gasteiger partial charge in [0.2, 0.25) is 0 Å². The van der Waals surface area contributed by atoms with Crippen LogP contribution in [0.15, 0.2) is 0 Å². The zero-order valence-electron chi connectivity index (χ0n) is 20.0. The maximum absolute atomic E-state index is 13.8. The molecule has 0 spiro atoms. The predicted octanol–water partition coefficient (Wildman–Crippen LogP) is 7.04. The van der Waals surface area contributed by atoms with Crippen LogP contribution in [0.3, 0.4) is 0 Å². The molecule has 3 rings (SSSR count). The molecule has 29 heavy (non-hydrogen) atoms. The number of hydrogen-bond acceptors (Lipinski definition) is 2. The zero-order chi connectivity index (χ0) is 21.2. The maximum atomic E-state index is 13.8. The Balaban J connectivity index is 1.75. The standard InChI is InChI=1S/C27H48O2/c1-19(2)9-8-10-20(3)23-14-15-24(27(23,5)17-18-28)22-13-12-21-11-6-7-16-26(21,4)25(22)29/h19-24,28H,6-18H2,1-5H3. The van der Waals surface area contributed by atoms with Gasteiger partial charge in [0.1, 0.15) is 5.78 Å². The Morgan fingerprint density at radius 2 is 1.76 bits per heavy atom. The van der Waals surface area contributed by atoms with Crippen LogP contribution in [0.25, 0.3) is 0 Å². The Morgan fingerprint density at radius 3 is 2.45 bits per heavy atom. The average Bonchev–Trinajstić information content (AvgIpc) is 2.99. The van der Waals surface area contributed by atoms with Crippen LogP contribution in [0, 0.1) is 46.3 Å². The molecule has 0 heterocycles. The number of ketones is 1. The number of hydrogen-bond donors (Lipinski definition) is 1. The van der Waals surface area contributed by atoms with Gasteiger partial charge in [-0.2, -0.15) is 0 Å². The minimum Gasteiger partial charge on any atom is -0.396 e. The number of fused-ring (bicyclic) bond motifs is 1. The first-order valence-electron chi connectivity index (χ1n) is 12.9.